The fraction of sp³-hybridized carbons (Fsp3) is 0.143. The number of rotatable bonds is 2. The minimum absolute atomic E-state index is 0.0175. The van der Waals surface area contributed by atoms with Crippen LogP contribution in [0.5, 0.6) is 5.75 Å². The maximum absolute atomic E-state index is 9.79. The molecule has 0 fully saturated rings. The van der Waals surface area contributed by atoms with E-state index in [1.165, 1.54) is 0 Å². The molecule has 0 aliphatic carbocycles. The van der Waals surface area contributed by atoms with Crippen molar-refractivity contribution in [2.45, 2.75) is 13.5 Å². The van der Waals surface area contributed by atoms with Gasteiger partial charge in [-0.05, 0) is 29.7 Å². The van der Waals surface area contributed by atoms with Crippen molar-refractivity contribution in [1.82, 2.24) is 0 Å². The second kappa shape index (κ2) is 4.37. The molecule has 2 aromatic rings. The summed E-state index contributed by atoms with van der Waals surface area (Å²) in [5.74, 6) is 0.239. The van der Waals surface area contributed by atoms with Gasteiger partial charge in [0.05, 0.1) is 6.61 Å². The third-order valence-electron chi connectivity index (χ3n) is 2.76. The Morgan fingerprint density at radius 3 is 2.31 bits per heavy atom. The Labute approximate surface area is 94.8 Å². The smallest absolute Gasteiger partial charge is 0.123 e. The number of para-hydroxylation sites is 1. The van der Waals surface area contributed by atoms with Crippen LogP contribution < -0.4 is 0 Å². The van der Waals surface area contributed by atoms with Crippen molar-refractivity contribution in [3.63, 3.8) is 0 Å². The summed E-state index contributed by atoms with van der Waals surface area (Å²) in [4.78, 5) is 0. The molecular weight excluding hydrogens is 200 g/mol. The molecule has 0 unspecified atom stereocenters. The highest BCUT2D eigenvalue weighted by atomic mass is 16.3. The van der Waals surface area contributed by atoms with Crippen molar-refractivity contribution in [2.75, 3.05) is 0 Å². The Morgan fingerprint density at radius 1 is 0.938 bits per heavy atom. The Hall–Kier alpha value is -1.80. The molecule has 0 saturated carbocycles. The van der Waals surface area contributed by atoms with Gasteiger partial charge in [-0.2, -0.15) is 0 Å². The van der Waals surface area contributed by atoms with E-state index in [1.54, 1.807) is 12.1 Å². The average Bonchev–Trinajstić information content (AvgIpc) is 2.29. The number of aryl methyl sites for hydroxylation is 1. The van der Waals surface area contributed by atoms with E-state index in [0.717, 1.165) is 22.3 Å². The SMILES string of the molecule is Cc1cccc(-c2ccccc2O)c1CO. The van der Waals surface area contributed by atoms with E-state index in [0.29, 0.717) is 0 Å². The van der Waals surface area contributed by atoms with Crippen LogP contribution >= 0.6 is 0 Å². The van der Waals surface area contributed by atoms with Crippen LogP contribution in [-0.4, -0.2) is 10.2 Å². The Balaban J connectivity index is 2.65. The number of aliphatic hydroxyl groups excluding tert-OH is 1. The summed E-state index contributed by atoms with van der Waals surface area (Å²) in [5, 5.41) is 19.2. The summed E-state index contributed by atoms with van der Waals surface area (Å²) in [5.41, 5.74) is 3.54. The molecular formula is C14H14O2. The number of hydrogen-bond donors (Lipinski definition) is 2. The first-order valence-electron chi connectivity index (χ1n) is 5.21. The lowest BCUT2D eigenvalue weighted by molar-refractivity contribution is 0.281. The number of benzene rings is 2. The average molecular weight is 214 g/mol. The van der Waals surface area contributed by atoms with E-state index in [-0.39, 0.29) is 12.4 Å². The molecule has 0 amide bonds. The topological polar surface area (TPSA) is 40.5 Å². The van der Waals surface area contributed by atoms with Crippen LogP contribution in [0.15, 0.2) is 42.5 Å². The minimum atomic E-state index is -0.0175. The van der Waals surface area contributed by atoms with E-state index >= 15 is 0 Å². The summed E-state index contributed by atoms with van der Waals surface area (Å²) >= 11 is 0. The number of phenolic OH excluding ortho intramolecular Hbond substituents is 1. The summed E-state index contributed by atoms with van der Waals surface area (Å²) in [6.07, 6.45) is 0. The lowest BCUT2D eigenvalue weighted by atomic mass is 9.96. The molecule has 0 aliphatic heterocycles. The maximum Gasteiger partial charge on any atom is 0.123 e. The normalized spacial score (nSPS) is 10.4. The van der Waals surface area contributed by atoms with Gasteiger partial charge in [-0.1, -0.05) is 36.4 Å². The lowest BCUT2D eigenvalue weighted by Crippen LogP contribution is -1.93. The van der Waals surface area contributed by atoms with E-state index in [2.05, 4.69) is 0 Å². The molecule has 0 spiro atoms. The zero-order chi connectivity index (χ0) is 11.5. The molecule has 0 heterocycles. The predicted molar refractivity (Wildman–Crippen MR) is 64.2 cm³/mol. The van der Waals surface area contributed by atoms with Crippen molar-refractivity contribution in [1.29, 1.82) is 0 Å². The van der Waals surface area contributed by atoms with Gasteiger partial charge in [0.15, 0.2) is 0 Å². The van der Waals surface area contributed by atoms with Gasteiger partial charge in [-0.3, -0.25) is 0 Å². The van der Waals surface area contributed by atoms with E-state index < -0.39 is 0 Å². The van der Waals surface area contributed by atoms with Crippen molar-refractivity contribution < 1.29 is 10.2 Å². The van der Waals surface area contributed by atoms with Gasteiger partial charge in [-0.25, -0.2) is 0 Å². The van der Waals surface area contributed by atoms with Gasteiger partial charge in [0.25, 0.3) is 0 Å². The zero-order valence-electron chi connectivity index (χ0n) is 9.14. The predicted octanol–water partition coefficient (Wildman–Crippen LogP) is 2.86. The van der Waals surface area contributed by atoms with Gasteiger partial charge in [0, 0.05) is 5.56 Å². The quantitative estimate of drug-likeness (QED) is 0.807. The molecule has 2 nitrogen and oxygen atoms in total. The third-order valence-corrected chi connectivity index (χ3v) is 2.76. The van der Waals surface area contributed by atoms with Crippen molar-refractivity contribution in [3.8, 4) is 16.9 Å². The fourth-order valence-electron chi connectivity index (χ4n) is 1.87. The molecule has 0 saturated heterocycles. The van der Waals surface area contributed by atoms with Crippen LogP contribution in [0.3, 0.4) is 0 Å². The number of aromatic hydroxyl groups is 1. The molecule has 16 heavy (non-hydrogen) atoms. The van der Waals surface area contributed by atoms with Gasteiger partial charge >= 0.3 is 0 Å². The Morgan fingerprint density at radius 2 is 1.62 bits per heavy atom. The number of phenols is 1. The third kappa shape index (κ3) is 1.79. The van der Waals surface area contributed by atoms with Crippen molar-refractivity contribution in [3.05, 3.63) is 53.6 Å². The molecule has 0 radical (unpaired) electrons. The highest BCUT2D eigenvalue weighted by Crippen LogP contribution is 2.32. The van der Waals surface area contributed by atoms with Gasteiger partial charge < -0.3 is 10.2 Å². The summed E-state index contributed by atoms with van der Waals surface area (Å²) in [6.45, 7) is 1.94. The first kappa shape index (κ1) is 10.7. The van der Waals surface area contributed by atoms with Crippen LogP contribution in [0.4, 0.5) is 0 Å². The maximum atomic E-state index is 9.79. The summed E-state index contributed by atoms with van der Waals surface area (Å²) < 4.78 is 0. The van der Waals surface area contributed by atoms with Crippen molar-refractivity contribution >= 4 is 0 Å². The molecule has 0 bridgehead atoms. The zero-order valence-corrected chi connectivity index (χ0v) is 9.14. The first-order chi connectivity index (χ1) is 7.74. The standard InChI is InChI=1S/C14H14O2/c1-10-5-4-7-11(13(10)9-15)12-6-2-3-8-14(12)16/h2-8,15-16H,9H2,1H3. The fourth-order valence-corrected chi connectivity index (χ4v) is 1.87. The van der Waals surface area contributed by atoms with E-state index in [4.69, 9.17) is 0 Å². The largest absolute Gasteiger partial charge is 0.507 e. The minimum Gasteiger partial charge on any atom is -0.507 e. The lowest BCUT2D eigenvalue weighted by Gasteiger charge is -2.11. The Bertz CT molecular complexity index is 504. The van der Waals surface area contributed by atoms with Crippen LogP contribution in [0.25, 0.3) is 11.1 Å². The molecule has 0 aromatic heterocycles. The first-order valence-corrected chi connectivity index (χ1v) is 5.21. The number of aliphatic hydroxyl groups is 1. The molecule has 0 aliphatic rings. The highest BCUT2D eigenvalue weighted by Gasteiger charge is 2.09. The van der Waals surface area contributed by atoms with Crippen molar-refractivity contribution in [2.24, 2.45) is 0 Å². The van der Waals surface area contributed by atoms with Crippen LogP contribution in [0.1, 0.15) is 11.1 Å². The molecule has 2 heteroatoms. The number of hydrogen-bond acceptors (Lipinski definition) is 2. The van der Waals surface area contributed by atoms with Gasteiger partial charge in [0.1, 0.15) is 5.75 Å². The van der Waals surface area contributed by atoms with Gasteiger partial charge in [0.2, 0.25) is 0 Å². The molecule has 2 N–H and O–H groups in total. The molecule has 2 aromatic carbocycles. The molecule has 0 atom stereocenters. The second-order valence-corrected chi connectivity index (χ2v) is 3.78. The van der Waals surface area contributed by atoms with Gasteiger partial charge in [-0.15, -0.1) is 0 Å². The second-order valence-electron chi connectivity index (χ2n) is 3.78. The summed E-state index contributed by atoms with van der Waals surface area (Å²) in [6, 6.07) is 13.0. The van der Waals surface area contributed by atoms with E-state index in [1.807, 2.05) is 37.3 Å². The molecule has 82 valence electrons. The highest BCUT2D eigenvalue weighted by molar-refractivity contribution is 5.73. The Kier molecular flexibility index (Phi) is 2.93. The summed E-state index contributed by atoms with van der Waals surface area (Å²) in [7, 11) is 0. The van der Waals surface area contributed by atoms with Crippen LogP contribution in [0.2, 0.25) is 0 Å². The van der Waals surface area contributed by atoms with Crippen LogP contribution in [0, 0.1) is 6.92 Å². The monoisotopic (exact) mass is 214 g/mol. The van der Waals surface area contributed by atoms with Crippen LogP contribution in [-0.2, 0) is 6.61 Å². The van der Waals surface area contributed by atoms with E-state index in [9.17, 15) is 10.2 Å². The molecule has 2 rings (SSSR count).